The Morgan fingerprint density at radius 3 is 2.88 bits per heavy atom. The van der Waals surface area contributed by atoms with Gasteiger partial charge < -0.3 is 5.73 Å². The van der Waals surface area contributed by atoms with E-state index in [1.165, 1.54) is 0 Å². The third kappa shape index (κ3) is 2.59. The van der Waals surface area contributed by atoms with Crippen molar-refractivity contribution in [2.45, 2.75) is 25.8 Å². The van der Waals surface area contributed by atoms with Gasteiger partial charge in [0.05, 0.1) is 33.1 Å². The first kappa shape index (κ1) is 12.7. The molecule has 4 nitrogen and oxygen atoms in total. The largest absolute Gasteiger partial charge is 0.322 e. The topological polar surface area (TPSA) is 56.7 Å². The fourth-order valence-electron chi connectivity index (χ4n) is 1.76. The highest BCUT2D eigenvalue weighted by Gasteiger charge is 2.17. The predicted molar refractivity (Wildman–Crippen MR) is 73.0 cm³/mol. The number of nitrogens with zero attached hydrogens (tertiary/aromatic N) is 3. The Labute approximate surface area is 113 Å². The minimum atomic E-state index is -0.0716. The summed E-state index contributed by atoms with van der Waals surface area (Å²) < 4.78 is 2.97. The van der Waals surface area contributed by atoms with E-state index in [4.69, 9.17) is 5.73 Å². The van der Waals surface area contributed by atoms with Crippen LogP contribution in [0, 0.1) is 0 Å². The average molecular weight is 315 g/mol. The molecule has 92 valence electrons. The van der Waals surface area contributed by atoms with Crippen LogP contribution in [0.5, 0.6) is 0 Å². The van der Waals surface area contributed by atoms with E-state index in [1.807, 2.05) is 22.6 Å². The van der Waals surface area contributed by atoms with Gasteiger partial charge in [-0.25, -0.2) is 4.98 Å². The van der Waals surface area contributed by atoms with Crippen molar-refractivity contribution in [3.05, 3.63) is 32.4 Å². The van der Waals surface area contributed by atoms with Gasteiger partial charge in [0.25, 0.3) is 0 Å². The molecule has 0 saturated heterocycles. The molecule has 17 heavy (non-hydrogen) atoms. The Morgan fingerprint density at radius 2 is 2.35 bits per heavy atom. The molecule has 0 spiro atoms. The smallest absolute Gasteiger partial charge is 0.0795 e. The molecule has 0 aliphatic rings. The monoisotopic (exact) mass is 314 g/mol. The van der Waals surface area contributed by atoms with Crippen molar-refractivity contribution < 1.29 is 0 Å². The fraction of sp³-hybridized carbons (Fsp3) is 0.455. The molecule has 2 heterocycles. The molecule has 6 heteroatoms. The summed E-state index contributed by atoms with van der Waals surface area (Å²) in [6, 6.07) is -0.0716. The molecule has 0 aliphatic heterocycles. The molecule has 0 bridgehead atoms. The van der Waals surface area contributed by atoms with Gasteiger partial charge in [0.15, 0.2) is 0 Å². The lowest BCUT2D eigenvalue weighted by molar-refractivity contribution is 0.628. The molecule has 0 radical (unpaired) electrons. The highest BCUT2D eigenvalue weighted by molar-refractivity contribution is 9.10. The molecule has 0 saturated carbocycles. The number of aromatic nitrogens is 3. The molecular weight excluding hydrogens is 300 g/mol. The zero-order valence-electron chi connectivity index (χ0n) is 9.85. The maximum absolute atomic E-state index is 6.14. The van der Waals surface area contributed by atoms with Crippen LogP contribution in [0.15, 0.2) is 15.4 Å². The van der Waals surface area contributed by atoms with E-state index >= 15 is 0 Å². The van der Waals surface area contributed by atoms with Gasteiger partial charge in [0.1, 0.15) is 0 Å². The molecule has 0 aromatic carbocycles. The summed E-state index contributed by atoms with van der Waals surface area (Å²) >= 11 is 5.17. The van der Waals surface area contributed by atoms with Gasteiger partial charge in [-0.2, -0.15) is 5.10 Å². The zero-order chi connectivity index (χ0) is 12.4. The second-order valence-electron chi connectivity index (χ2n) is 3.91. The van der Waals surface area contributed by atoms with Crippen molar-refractivity contribution in [1.29, 1.82) is 0 Å². The Bertz CT molecular complexity index is 492. The summed E-state index contributed by atoms with van der Waals surface area (Å²) in [4.78, 5) is 4.25. The Kier molecular flexibility index (Phi) is 3.96. The number of hydrogen-bond donors (Lipinski definition) is 1. The minimum absolute atomic E-state index is 0.0716. The van der Waals surface area contributed by atoms with Crippen molar-refractivity contribution in [2.75, 3.05) is 0 Å². The number of thiazole rings is 1. The number of rotatable bonds is 4. The molecule has 0 aliphatic carbocycles. The summed E-state index contributed by atoms with van der Waals surface area (Å²) in [5.41, 5.74) is 11.1. The molecule has 2 N–H and O–H groups in total. The van der Waals surface area contributed by atoms with E-state index in [-0.39, 0.29) is 6.04 Å². The van der Waals surface area contributed by atoms with Gasteiger partial charge in [-0.05, 0) is 22.4 Å². The number of halogens is 1. The Balaban J connectivity index is 2.21. The van der Waals surface area contributed by atoms with Gasteiger partial charge in [0.2, 0.25) is 0 Å². The van der Waals surface area contributed by atoms with Crippen LogP contribution in [0.25, 0.3) is 0 Å². The van der Waals surface area contributed by atoms with E-state index in [1.54, 1.807) is 11.3 Å². The number of aryl methyl sites for hydroxylation is 2. The summed E-state index contributed by atoms with van der Waals surface area (Å²) in [6.07, 6.45) is 1.66. The second kappa shape index (κ2) is 5.29. The zero-order valence-corrected chi connectivity index (χ0v) is 12.3. The molecule has 2 aromatic rings. The van der Waals surface area contributed by atoms with E-state index < -0.39 is 0 Å². The van der Waals surface area contributed by atoms with E-state index in [2.05, 4.69) is 32.9 Å². The molecular formula is C11H15BrN4S. The lowest BCUT2D eigenvalue weighted by Gasteiger charge is -2.09. The maximum Gasteiger partial charge on any atom is 0.0795 e. The number of hydrogen-bond acceptors (Lipinski definition) is 4. The summed E-state index contributed by atoms with van der Waals surface area (Å²) in [5.74, 6) is 0. The maximum atomic E-state index is 6.14. The van der Waals surface area contributed by atoms with Crippen LogP contribution in [0.1, 0.15) is 30.0 Å². The fourth-order valence-corrected chi connectivity index (χ4v) is 3.16. The van der Waals surface area contributed by atoms with E-state index in [0.29, 0.717) is 0 Å². The molecule has 0 fully saturated rings. The van der Waals surface area contributed by atoms with Crippen molar-refractivity contribution >= 4 is 27.3 Å². The van der Waals surface area contributed by atoms with Crippen LogP contribution < -0.4 is 5.73 Å². The van der Waals surface area contributed by atoms with Gasteiger partial charge in [0, 0.05) is 18.8 Å². The average Bonchev–Trinajstić information content (AvgIpc) is 2.92. The third-order valence-corrected chi connectivity index (χ3v) is 4.27. The van der Waals surface area contributed by atoms with Crippen LogP contribution in [0.3, 0.4) is 0 Å². The molecule has 2 aromatic heterocycles. The summed E-state index contributed by atoms with van der Waals surface area (Å²) in [6.45, 7) is 2.09. The standard InChI is InChI=1S/C11H15BrN4S/c1-3-8-11(12)10(16(2)15-8)4-7(13)9-5-17-6-14-9/h5-7H,3-4,13H2,1-2H3. The first-order valence-electron chi connectivity index (χ1n) is 5.47. The van der Waals surface area contributed by atoms with Gasteiger partial charge in [-0.3, -0.25) is 4.68 Å². The van der Waals surface area contributed by atoms with Crippen LogP contribution in [-0.2, 0) is 19.9 Å². The first-order valence-corrected chi connectivity index (χ1v) is 7.21. The molecule has 0 amide bonds. The van der Waals surface area contributed by atoms with Crippen molar-refractivity contribution in [3.63, 3.8) is 0 Å². The molecule has 2 rings (SSSR count). The van der Waals surface area contributed by atoms with Gasteiger partial charge >= 0.3 is 0 Å². The van der Waals surface area contributed by atoms with E-state index in [0.717, 1.165) is 34.4 Å². The van der Waals surface area contributed by atoms with Crippen LogP contribution in [-0.4, -0.2) is 14.8 Å². The summed E-state index contributed by atoms with van der Waals surface area (Å²) in [7, 11) is 1.95. The lowest BCUT2D eigenvalue weighted by atomic mass is 10.1. The van der Waals surface area contributed by atoms with Crippen LogP contribution in [0.4, 0.5) is 0 Å². The van der Waals surface area contributed by atoms with Crippen molar-refractivity contribution in [2.24, 2.45) is 12.8 Å². The van der Waals surface area contributed by atoms with Crippen molar-refractivity contribution in [1.82, 2.24) is 14.8 Å². The minimum Gasteiger partial charge on any atom is -0.322 e. The quantitative estimate of drug-likeness (QED) is 0.943. The third-order valence-electron chi connectivity index (χ3n) is 2.75. The molecule has 1 unspecified atom stereocenters. The highest BCUT2D eigenvalue weighted by atomic mass is 79.9. The predicted octanol–water partition coefficient (Wildman–Crippen LogP) is 2.44. The molecule has 1 atom stereocenters. The highest BCUT2D eigenvalue weighted by Crippen LogP contribution is 2.25. The normalized spacial score (nSPS) is 12.9. The first-order chi connectivity index (χ1) is 8.13. The van der Waals surface area contributed by atoms with Gasteiger partial charge in [-0.1, -0.05) is 6.92 Å². The van der Waals surface area contributed by atoms with E-state index in [9.17, 15) is 0 Å². The Morgan fingerprint density at radius 1 is 1.59 bits per heavy atom. The number of nitrogens with two attached hydrogens (primary N) is 1. The van der Waals surface area contributed by atoms with Crippen LogP contribution >= 0.6 is 27.3 Å². The summed E-state index contributed by atoms with van der Waals surface area (Å²) in [5, 5.41) is 6.46. The lowest BCUT2D eigenvalue weighted by Crippen LogP contribution is -2.16. The second-order valence-corrected chi connectivity index (χ2v) is 5.42. The van der Waals surface area contributed by atoms with Crippen molar-refractivity contribution in [3.8, 4) is 0 Å². The van der Waals surface area contributed by atoms with Crippen LogP contribution in [0.2, 0.25) is 0 Å². The van der Waals surface area contributed by atoms with Gasteiger partial charge in [-0.15, -0.1) is 11.3 Å². The SMILES string of the molecule is CCc1nn(C)c(CC(N)c2cscn2)c1Br. The Hall–Kier alpha value is -0.720.